The van der Waals surface area contributed by atoms with Gasteiger partial charge in [0.2, 0.25) is 0 Å². The van der Waals surface area contributed by atoms with Crippen molar-refractivity contribution < 1.29 is 9.90 Å². The molecule has 13 heavy (non-hydrogen) atoms. The van der Waals surface area contributed by atoms with Gasteiger partial charge in [0.05, 0.1) is 6.04 Å². The molecule has 0 bridgehead atoms. The van der Waals surface area contributed by atoms with Crippen LogP contribution in [0.2, 0.25) is 0 Å². The van der Waals surface area contributed by atoms with Crippen molar-refractivity contribution in [3.63, 3.8) is 0 Å². The van der Waals surface area contributed by atoms with Gasteiger partial charge in [-0.15, -0.1) is 0 Å². The lowest BCUT2D eigenvalue weighted by atomic mass is 10.3. The lowest BCUT2D eigenvalue weighted by Gasteiger charge is -2.10. The lowest BCUT2D eigenvalue weighted by Crippen LogP contribution is -2.10. The van der Waals surface area contributed by atoms with Crippen molar-refractivity contribution in [1.29, 1.82) is 0 Å². The molecule has 0 radical (unpaired) electrons. The zero-order chi connectivity index (χ0) is 10.0. The molecule has 0 saturated carbocycles. The van der Waals surface area contributed by atoms with Crippen LogP contribution in [-0.2, 0) is 0 Å². The van der Waals surface area contributed by atoms with Crippen LogP contribution in [0.25, 0.3) is 0 Å². The molecule has 0 aliphatic rings. The van der Waals surface area contributed by atoms with Crippen LogP contribution in [-0.4, -0.2) is 20.9 Å². The number of nitrogens with zero attached hydrogens (tertiary/aromatic N) is 2. The number of anilines is 1. The van der Waals surface area contributed by atoms with Crippen molar-refractivity contribution in [2.24, 2.45) is 0 Å². The summed E-state index contributed by atoms with van der Waals surface area (Å²) in [5.41, 5.74) is 5.59. The van der Waals surface area contributed by atoms with Crippen molar-refractivity contribution in [3.05, 3.63) is 11.8 Å². The van der Waals surface area contributed by atoms with Gasteiger partial charge in [-0.3, -0.25) is 0 Å². The molecular formula is C8H13N3O2. The molecule has 72 valence electrons. The van der Waals surface area contributed by atoms with Crippen molar-refractivity contribution in [1.82, 2.24) is 9.78 Å². The molecule has 1 atom stereocenters. The molecule has 1 aromatic heterocycles. The summed E-state index contributed by atoms with van der Waals surface area (Å²) in [6, 6.07) is 1.50. The molecule has 0 aliphatic carbocycles. The standard InChI is InChI=1S/C8H13N3O2/c1-3-5(2)11-7(9)4-6(10-11)8(12)13/h4-5H,3,9H2,1-2H3,(H,12,13). The summed E-state index contributed by atoms with van der Waals surface area (Å²) in [6.07, 6.45) is 0.866. The molecule has 0 saturated heterocycles. The van der Waals surface area contributed by atoms with Gasteiger partial charge in [-0.25, -0.2) is 9.48 Å². The first-order chi connectivity index (χ1) is 6.06. The van der Waals surface area contributed by atoms with Gasteiger partial charge in [0.1, 0.15) is 5.82 Å². The van der Waals surface area contributed by atoms with Crippen LogP contribution in [0.5, 0.6) is 0 Å². The Hall–Kier alpha value is -1.52. The van der Waals surface area contributed by atoms with Gasteiger partial charge in [0.25, 0.3) is 0 Å². The number of aromatic nitrogens is 2. The molecule has 0 amide bonds. The van der Waals surface area contributed by atoms with Gasteiger partial charge in [-0.05, 0) is 13.3 Å². The van der Waals surface area contributed by atoms with E-state index in [2.05, 4.69) is 5.10 Å². The Kier molecular flexibility index (Phi) is 2.55. The number of aromatic carboxylic acids is 1. The fraction of sp³-hybridized carbons (Fsp3) is 0.500. The molecule has 0 aliphatic heterocycles. The number of carboxylic acids is 1. The number of rotatable bonds is 3. The predicted octanol–water partition coefficient (Wildman–Crippen LogP) is 1.13. The summed E-state index contributed by atoms with van der Waals surface area (Å²) < 4.78 is 1.53. The largest absolute Gasteiger partial charge is 0.476 e. The Balaban J connectivity index is 3.02. The third kappa shape index (κ3) is 1.80. The SMILES string of the molecule is CCC(C)n1nc(C(=O)O)cc1N. The Bertz CT molecular complexity index is 319. The minimum absolute atomic E-state index is 0.00204. The normalized spacial score (nSPS) is 12.8. The summed E-state index contributed by atoms with van der Waals surface area (Å²) in [6.45, 7) is 3.93. The van der Waals surface area contributed by atoms with E-state index in [0.29, 0.717) is 5.82 Å². The molecule has 5 heteroatoms. The summed E-state index contributed by atoms with van der Waals surface area (Å²) in [5, 5.41) is 12.5. The van der Waals surface area contributed by atoms with E-state index in [-0.39, 0.29) is 11.7 Å². The van der Waals surface area contributed by atoms with E-state index in [4.69, 9.17) is 10.8 Å². The molecule has 5 nitrogen and oxygen atoms in total. The Morgan fingerprint density at radius 2 is 2.46 bits per heavy atom. The average molecular weight is 183 g/mol. The van der Waals surface area contributed by atoms with Crippen LogP contribution in [0.3, 0.4) is 0 Å². The molecular weight excluding hydrogens is 170 g/mol. The van der Waals surface area contributed by atoms with E-state index in [9.17, 15) is 4.79 Å². The maximum absolute atomic E-state index is 10.5. The lowest BCUT2D eigenvalue weighted by molar-refractivity contribution is 0.0689. The molecule has 0 spiro atoms. The predicted molar refractivity (Wildman–Crippen MR) is 48.6 cm³/mol. The van der Waals surface area contributed by atoms with Gasteiger partial charge in [-0.2, -0.15) is 5.10 Å². The highest BCUT2D eigenvalue weighted by Gasteiger charge is 2.13. The fourth-order valence-corrected chi connectivity index (χ4v) is 1.04. The number of carbonyl (C=O) groups is 1. The summed E-state index contributed by atoms with van der Waals surface area (Å²) in [7, 11) is 0. The van der Waals surface area contributed by atoms with E-state index < -0.39 is 5.97 Å². The second-order valence-electron chi connectivity index (χ2n) is 2.96. The van der Waals surface area contributed by atoms with Gasteiger partial charge in [0.15, 0.2) is 5.69 Å². The first-order valence-corrected chi connectivity index (χ1v) is 4.14. The topological polar surface area (TPSA) is 81.1 Å². The number of nitrogens with two attached hydrogens (primary N) is 1. The molecule has 1 heterocycles. The van der Waals surface area contributed by atoms with E-state index in [1.807, 2.05) is 13.8 Å². The average Bonchev–Trinajstić information content (AvgIpc) is 2.46. The van der Waals surface area contributed by atoms with Crippen LogP contribution in [0.1, 0.15) is 36.8 Å². The highest BCUT2D eigenvalue weighted by atomic mass is 16.4. The number of carboxylic acid groups (broad SMARTS) is 1. The van der Waals surface area contributed by atoms with Crippen molar-refractivity contribution in [2.75, 3.05) is 5.73 Å². The van der Waals surface area contributed by atoms with Crippen LogP contribution < -0.4 is 5.73 Å². The third-order valence-corrected chi connectivity index (χ3v) is 1.99. The highest BCUT2D eigenvalue weighted by molar-refractivity contribution is 5.86. The minimum Gasteiger partial charge on any atom is -0.476 e. The third-order valence-electron chi connectivity index (χ3n) is 1.99. The van der Waals surface area contributed by atoms with Crippen molar-refractivity contribution >= 4 is 11.8 Å². The first-order valence-electron chi connectivity index (χ1n) is 4.14. The maximum Gasteiger partial charge on any atom is 0.356 e. The van der Waals surface area contributed by atoms with Crippen molar-refractivity contribution in [2.45, 2.75) is 26.3 Å². The molecule has 3 N–H and O–H groups in total. The Morgan fingerprint density at radius 3 is 2.85 bits per heavy atom. The van der Waals surface area contributed by atoms with E-state index in [1.165, 1.54) is 10.7 Å². The molecule has 0 fully saturated rings. The quantitative estimate of drug-likeness (QED) is 0.736. The number of nitrogen functional groups attached to an aromatic ring is 1. The van der Waals surface area contributed by atoms with Crippen LogP contribution in [0.4, 0.5) is 5.82 Å². The van der Waals surface area contributed by atoms with Gasteiger partial charge < -0.3 is 10.8 Å². The van der Waals surface area contributed by atoms with E-state index >= 15 is 0 Å². The Labute approximate surface area is 76.2 Å². The second kappa shape index (κ2) is 3.47. The summed E-state index contributed by atoms with van der Waals surface area (Å²) >= 11 is 0. The summed E-state index contributed by atoms with van der Waals surface area (Å²) in [4.78, 5) is 10.5. The highest BCUT2D eigenvalue weighted by Crippen LogP contribution is 2.15. The van der Waals surface area contributed by atoms with E-state index in [0.717, 1.165) is 6.42 Å². The second-order valence-corrected chi connectivity index (χ2v) is 2.96. The molecule has 1 rings (SSSR count). The zero-order valence-electron chi connectivity index (χ0n) is 7.69. The maximum atomic E-state index is 10.5. The van der Waals surface area contributed by atoms with Gasteiger partial charge in [0, 0.05) is 6.07 Å². The Morgan fingerprint density at radius 1 is 1.85 bits per heavy atom. The summed E-state index contributed by atoms with van der Waals surface area (Å²) in [5.74, 6) is -0.652. The fourth-order valence-electron chi connectivity index (χ4n) is 1.04. The zero-order valence-corrected chi connectivity index (χ0v) is 7.69. The van der Waals surface area contributed by atoms with Crippen LogP contribution in [0, 0.1) is 0 Å². The van der Waals surface area contributed by atoms with E-state index in [1.54, 1.807) is 0 Å². The van der Waals surface area contributed by atoms with Crippen molar-refractivity contribution in [3.8, 4) is 0 Å². The van der Waals surface area contributed by atoms with Gasteiger partial charge in [-0.1, -0.05) is 6.92 Å². The minimum atomic E-state index is -1.05. The molecule has 1 unspecified atom stereocenters. The van der Waals surface area contributed by atoms with Crippen LogP contribution >= 0.6 is 0 Å². The molecule has 1 aromatic rings. The molecule has 0 aromatic carbocycles. The van der Waals surface area contributed by atoms with Gasteiger partial charge >= 0.3 is 5.97 Å². The smallest absolute Gasteiger partial charge is 0.356 e. The number of hydrogen-bond donors (Lipinski definition) is 2. The number of hydrogen-bond acceptors (Lipinski definition) is 3. The monoisotopic (exact) mass is 183 g/mol. The first kappa shape index (κ1) is 9.57. The van der Waals surface area contributed by atoms with Crippen LogP contribution in [0.15, 0.2) is 6.07 Å².